The maximum Gasteiger partial charge on any atom is 0.0188 e. The van der Waals surface area contributed by atoms with Crippen molar-refractivity contribution in [3.05, 3.63) is 174 Å². The second kappa shape index (κ2) is 23.4. The summed E-state index contributed by atoms with van der Waals surface area (Å²) in [4.78, 5) is 0. The smallest absolute Gasteiger partial charge is 0.0188 e. The van der Waals surface area contributed by atoms with E-state index in [9.17, 15) is 0 Å². The summed E-state index contributed by atoms with van der Waals surface area (Å²) < 4.78 is 0. The van der Waals surface area contributed by atoms with Gasteiger partial charge in [-0.25, -0.2) is 0 Å². The average Bonchev–Trinajstić information content (AvgIpc) is 3.21. The van der Waals surface area contributed by atoms with Crippen molar-refractivity contribution in [2.45, 2.75) is 188 Å². The molecule has 0 saturated carbocycles. The third-order valence-electron chi connectivity index (χ3n) is 12.1. The van der Waals surface area contributed by atoms with Crippen LogP contribution in [0.15, 0.2) is 91.0 Å². The van der Waals surface area contributed by atoms with Crippen molar-refractivity contribution < 1.29 is 0 Å². The summed E-state index contributed by atoms with van der Waals surface area (Å²) in [5.74, 6) is 9.63. The van der Waals surface area contributed by atoms with Crippen molar-refractivity contribution >= 4 is 72.3 Å². The molecule has 5 aromatic rings. The van der Waals surface area contributed by atoms with Crippen LogP contribution in [0.4, 0.5) is 0 Å². The van der Waals surface area contributed by atoms with E-state index in [-0.39, 0.29) is 27.1 Å². The van der Waals surface area contributed by atoms with Crippen LogP contribution >= 0.6 is 72.3 Å². The van der Waals surface area contributed by atoms with Gasteiger partial charge in [-0.1, -0.05) is 195 Å². The number of thioether (sulfide) groups is 4. The van der Waals surface area contributed by atoms with E-state index < -0.39 is 0 Å². The Morgan fingerprint density at radius 2 is 0.379 bits per heavy atom. The van der Waals surface area contributed by atoms with E-state index in [1.807, 2.05) is 23.5 Å². The molecule has 66 heavy (non-hydrogen) atoms. The molecule has 0 spiro atoms. The summed E-state index contributed by atoms with van der Waals surface area (Å²) in [6, 6.07) is 36.4. The largest absolute Gasteiger partial charge is 0.175 e. The summed E-state index contributed by atoms with van der Waals surface area (Å²) in [7, 11) is 0. The summed E-state index contributed by atoms with van der Waals surface area (Å²) in [6.45, 7) is 35.0. The number of thiol groups is 2. The highest BCUT2D eigenvalue weighted by atomic mass is 32.2. The van der Waals surface area contributed by atoms with E-state index in [4.69, 9.17) is 0 Å². The molecule has 0 atom stereocenters. The van der Waals surface area contributed by atoms with Gasteiger partial charge < -0.3 is 0 Å². The van der Waals surface area contributed by atoms with Gasteiger partial charge >= 0.3 is 0 Å². The lowest BCUT2D eigenvalue weighted by molar-refractivity contribution is 0.588. The normalized spacial score (nSPS) is 12.9. The quantitative estimate of drug-likeness (QED) is 0.0839. The summed E-state index contributed by atoms with van der Waals surface area (Å²) in [6.07, 6.45) is 0. The highest BCUT2D eigenvalue weighted by molar-refractivity contribution is 7.98. The lowest BCUT2D eigenvalue weighted by atomic mass is 9.85. The minimum Gasteiger partial charge on any atom is -0.175 e. The van der Waals surface area contributed by atoms with E-state index >= 15 is 0 Å². The molecule has 0 bridgehead atoms. The SMILES string of the molecule is CC(C)(C)c1cc(CS)cc(CSCc2cc(CSCc3cc(CSCc4cc(CSCc5cc(CS)cc(C(C)(C)C)c5)cc(C(C)(C)C)c4)cc(C(C)(C)C)c3)cc(C(C)(C)C)c2)c1. The van der Waals surface area contributed by atoms with Crippen molar-refractivity contribution in [3.8, 4) is 0 Å². The molecule has 0 aromatic heterocycles. The predicted octanol–water partition coefficient (Wildman–Crippen LogP) is 18.8. The number of rotatable bonds is 18. The minimum atomic E-state index is 0.0893. The zero-order chi connectivity index (χ0) is 48.7. The van der Waals surface area contributed by atoms with Crippen LogP contribution in [-0.2, 0) is 84.6 Å². The molecular weight excluding hydrogens is 913 g/mol. The molecule has 5 aromatic carbocycles. The van der Waals surface area contributed by atoms with Crippen molar-refractivity contribution in [1.82, 2.24) is 0 Å². The minimum absolute atomic E-state index is 0.0893. The van der Waals surface area contributed by atoms with Crippen LogP contribution in [0.2, 0.25) is 0 Å². The topological polar surface area (TPSA) is 0 Å². The van der Waals surface area contributed by atoms with Crippen LogP contribution in [0.5, 0.6) is 0 Å². The average molecular weight is 996 g/mol. The van der Waals surface area contributed by atoms with E-state index in [0.29, 0.717) is 0 Å². The fraction of sp³-hybridized carbons (Fsp3) is 0.500. The number of benzene rings is 5. The molecule has 0 aliphatic heterocycles. The molecule has 0 N–H and O–H groups in total. The molecule has 0 amide bonds. The molecule has 0 nitrogen and oxygen atoms in total. The zero-order valence-electron chi connectivity index (χ0n) is 43.3. The van der Waals surface area contributed by atoms with Gasteiger partial charge in [0, 0.05) is 57.5 Å². The van der Waals surface area contributed by atoms with Crippen LogP contribution in [-0.4, -0.2) is 0 Å². The van der Waals surface area contributed by atoms with Crippen LogP contribution in [0.25, 0.3) is 0 Å². The van der Waals surface area contributed by atoms with Crippen LogP contribution in [0, 0.1) is 0 Å². The van der Waals surface area contributed by atoms with Crippen LogP contribution < -0.4 is 0 Å². The standard InChI is InChI=1S/C60H82S6/c1-56(2,3)51-21-41(31-61)16-43(23-51)33-63-35-45-18-47(27-53(25-45)58(7,8)9)37-65-39-49-20-50(30-55(29-49)60(13,14)15)40-66-38-48-19-46(26-54(28-48)59(10,11)12)36-64-34-44-17-42(32-62)22-52(24-44)57(4,5)6/h16-30,61-62H,31-40H2,1-15H3. The summed E-state index contributed by atoms with van der Waals surface area (Å²) in [5, 5.41) is 0. The highest BCUT2D eigenvalue weighted by Gasteiger charge is 2.21. The fourth-order valence-electron chi connectivity index (χ4n) is 7.97. The third-order valence-corrected chi connectivity index (χ3v) is 17.1. The van der Waals surface area contributed by atoms with E-state index in [2.05, 4.69) is 244 Å². The molecule has 358 valence electrons. The maximum atomic E-state index is 4.62. The molecule has 0 aliphatic rings. The van der Waals surface area contributed by atoms with Gasteiger partial charge in [-0.05, 0) is 111 Å². The van der Waals surface area contributed by atoms with Crippen molar-refractivity contribution in [2.75, 3.05) is 0 Å². The first kappa shape index (κ1) is 55.1. The molecule has 6 heteroatoms. The van der Waals surface area contributed by atoms with Crippen LogP contribution in [0.3, 0.4) is 0 Å². The van der Waals surface area contributed by atoms with Crippen LogP contribution in [0.1, 0.15) is 187 Å². The van der Waals surface area contributed by atoms with Crippen molar-refractivity contribution in [3.63, 3.8) is 0 Å². The Balaban J connectivity index is 1.24. The molecule has 0 fully saturated rings. The second-order valence-electron chi connectivity index (χ2n) is 23.7. The van der Waals surface area contributed by atoms with Gasteiger partial charge in [0.05, 0.1) is 0 Å². The van der Waals surface area contributed by atoms with E-state index in [1.165, 1.54) is 83.5 Å². The first-order valence-electron chi connectivity index (χ1n) is 23.9. The molecule has 0 radical (unpaired) electrons. The second-order valence-corrected chi connectivity index (χ2v) is 28.3. The van der Waals surface area contributed by atoms with Gasteiger partial charge in [0.2, 0.25) is 0 Å². The fourth-order valence-corrected chi connectivity index (χ4v) is 12.0. The number of hydrogen-bond donors (Lipinski definition) is 2. The van der Waals surface area contributed by atoms with Gasteiger partial charge in [0.15, 0.2) is 0 Å². The van der Waals surface area contributed by atoms with E-state index in [1.54, 1.807) is 0 Å². The van der Waals surface area contributed by atoms with Gasteiger partial charge in [0.1, 0.15) is 0 Å². The molecule has 0 heterocycles. The molecule has 5 rings (SSSR count). The first-order chi connectivity index (χ1) is 30.7. The highest BCUT2D eigenvalue weighted by Crippen LogP contribution is 2.35. The van der Waals surface area contributed by atoms with Gasteiger partial charge in [-0.15, -0.1) is 0 Å². The monoisotopic (exact) mass is 994 g/mol. The number of hydrogen-bond acceptors (Lipinski definition) is 6. The van der Waals surface area contributed by atoms with Crippen molar-refractivity contribution in [2.24, 2.45) is 0 Å². The molecule has 0 unspecified atom stereocenters. The first-order valence-corrected chi connectivity index (χ1v) is 29.8. The Labute approximate surface area is 431 Å². The Hall–Kier alpha value is -1.80. The van der Waals surface area contributed by atoms with Gasteiger partial charge in [-0.3, -0.25) is 0 Å². The maximum absolute atomic E-state index is 4.62. The molecule has 0 saturated heterocycles. The Kier molecular flexibility index (Phi) is 19.6. The van der Waals surface area contributed by atoms with Gasteiger partial charge in [0.25, 0.3) is 0 Å². The summed E-state index contributed by atoms with van der Waals surface area (Å²) in [5.41, 5.74) is 21.7. The Morgan fingerprint density at radius 1 is 0.242 bits per heavy atom. The third kappa shape index (κ3) is 17.3. The molecule has 0 aliphatic carbocycles. The van der Waals surface area contributed by atoms with Gasteiger partial charge in [-0.2, -0.15) is 72.3 Å². The summed E-state index contributed by atoms with van der Waals surface area (Å²) >= 11 is 17.4. The van der Waals surface area contributed by atoms with E-state index in [0.717, 1.165) is 57.5 Å². The molecular formula is C60H82S6. The van der Waals surface area contributed by atoms with Crippen molar-refractivity contribution in [1.29, 1.82) is 0 Å². The lowest BCUT2D eigenvalue weighted by Gasteiger charge is -2.23. The Morgan fingerprint density at radius 3 is 0.515 bits per heavy atom. The Bertz CT molecular complexity index is 2210. The lowest BCUT2D eigenvalue weighted by Crippen LogP contribution is -2.12. The zero-order valence-corrected chi connectivity index (χ0v) is 48.3. The predicted molar refractivity (Wildman–Crippen MR) is 311 cm³/mol.